The summed E-state index contributed by atoms with van der Waals surface area (Å²) >= 11 is 3.43. The van der Waals surface area contributed by atoms with E-state index in [0.717, 1.165) is 10.0 Å². The largest absolute Gasteiger partial charge is 0.398 e. The number of nitrogens with one attached hydrogen (secondary N) is 1. The quantitative estimate of drug-likeness (QED) is 0.628. The molecule has 1 atom stereocenters. The first-order valence-electron chi connectivity index (χ1n) is 5.59. The van der Waals surface area contributed by atoms with Crippen molar-refractivity contribution in [3.05, 3.63) is 28.2 Å². The van der Waals surface area contributed by atoms with Crippen LogP contribution in [-0.4, -0.2) is 29.3 Å². The number of nitrogen functional groups attached to an aromatic ring is 1. The van der Waals surface area contributed by atoms with E-state index in [9.17, 15) is 9.59 Å². The minimum Gasteiger partial charge on any atom is -0.398 e. The maximum absolute atomic E-state index is 11.6. The number of nitrogens with two attached hydrogens (primary N) is 1. The molecule has 5 nitrogen and oxygen atoms in total. The fourth-order valence-corrected chi connectivity index (χ4v) is 2.41. The number of hydrogen-bond donors (Lipinski definition) is 2. The van der Waals surface area contributed by atoms with Gasteiger partial charge >= 0.3 is 0 Å². The van der Waals surface area contributed by atoms with Crippen molar-refractivity contribution in [2.75, 3.05) is 12.3 Å². The Morgan fingerprint density at radius 2 is 2.22 bits per heavy atom. The fraction of sp³-hybridized carbons (Fsp3) is 0.333. The summed E-state index contributed by atoms with van der Waals surface area (Å²) < 4.78 is 0.883. The fourth-order valence-electron chi connectivity index (χ4n) is 1.91. The van der Waals surface area contributed by atoms with E-state index in [1.165, 1.54) is 0 Å². The van der Waals surface area contributed by atoms with Crippen molar-refractivity contribution in [1.82, 2.24) is 10.2 Å². The first kappa shape index (κ1) is 13.0. The van der Waals surface area contributed by atoms with E-state index in [2.05, 4.69) is 21.2 Å². The lowest BCUT2D eigenvalue weighted by Gasteiger charge is -2.32. The number of hydrogen-bond acceptors (Lipinski definition) is 4. The van der Waals surface area contributed by atoms with E-state index >= 15 is 0 Å². The molecular weight excluding hydrogens is 298 g/mol. The molecule has 0 saturated carbocycles. The van der Waals surface area contributed by atoms with Crippen molar-refractivity contribution >= 4 is 33.4 Å². The molecule has 1 aliphatic heterocycles. The van der Waals surface area contributed by atoms with Gasteiger partial charge in [0, 0.05) is 22.3 Å². The van der Waals surface area contributed by atoms with Crippen LogP contribution in [0.25, 0.3) is 0 Å². The molecule has 18 heavy (non-hydrogen) atoms. The molecule has 1 saturated heterocycles. The zero-order valence-electron chi connectivity index (χ0n) is 9.94. The molecule has 2 amide bonds. The number of carbonyl (C=O) groups is 2. The van der Waals surface area contributed by atoms with Gasteiger partial charge in [-0.25, -0.2) is 0 Å². The van der Waals surface area contributed by atoms with Crippen LogP contribution in [0.1, 0.15) is 12.5 Å². The highest BCUT2D eigenvalue weighted by atomic mass is 79.9. The van der Waals surface area contributed by atoms with Crippen LogP contribution < -0.4 is 11.1 Å². The van der Waals surface area contributed by atoms with Crippen LogP contribution in [0, 0.1) is 0 Å². The first-order chi connectivity index (χ1) is 8.49. The van der Waals surface area contributed by atoms with E-state index in [1.807, 2.05) is 12.1 Å². The second kappa shape index (κ2) is 5.07. The average Bonchev–Trinajstić information content (AvgIpc) is 2.30. The number of anilines is 1. The Kier molecular flexibility index (Phi) is 3.68. The highest BCUT2D eigenvalue weighted by molar-refractivity contribution is 9.10. The highest BCUT2D eigenvalue weighted by Crippen LogP contribution is 2.25. The molecular formula is C12H14BrN3O2. The molecule has 1 aromatic carbocycles. The summed E-state index contributed by atoms with van der Waals surface area (Å²) in [5.74, 6) is -0.541. The van der Waals surface area contributed by atoms with Gasteiger partial charge in [0.2, 0.25) is 11.8 Å². The van der Waals surface area contributed by atoms with Gasteiger partial charge in [0.1, 0.15) is 0 Å². The molecule has 0 bridgehead atoms. The molecule has 0 aromatic heterocycles. The van der Waals surface area contributed by atoms with Gasteiger partial charge in [0.05, 0.1) is 12.6 Å². The summed E-state index contributed by atoms with van der Waals surface area (Å²) in [4.78, 5) is 24.7. The molecule has 0 aliphatic carbocycles. The Morgan fingerprint density at radius 3 is 2.89 bits per heavy atom. The molecule has 0 spiro atoms. The molecule has 6 heteroatoms. The maximum atomic E-state index is 11.6. The number of halogens is 1. The van der Waals surface area contributed by atoms with Gasteiger partial charge in [0.25, 0.3) is 0 Å². The molecule has 1 heterocycles. The number of benzene rings is 1. The highest BCUT2D eigenvalue weighted by Gasteiger charge is 2.30. The molecule has 2 rings (SSSR count). The summed E-state index contributed by atoms with van der Waals surface area (Å²) in [6.45, 7) is 2.44. The molecule has 1 unspecified atom stereocenters. The summed E-state index contributed by atoms with van der Waals surface area (Å²) in [6, 6.07) is 5.20. The summed E-state index contributed by atoms with van der Waals surface area (Å²) in [5, 5.41) is 2.31. The first-order valence-corrected chi connectivity index (χ1v) is 6.39. The SMILES string of the molecule is CC1C(=O)NC(=O)CN1Cc1c(N)cccc1Br. The third-order valence-electron chi connectivity index (χ3n) is 3.05. The summed E-state index contributed by atoms with van der Waals surface area (Å²) in [5.41, 5.74) is 7.45. The van der Waals surface area contributed by atoms with Gasteiger partial charge in [-0.05, 0) is 19.1 Å². The van der Waals surface area contributed by atoms with E-state index in [1.54, 1.807) is 17.9 Å². The maximum Gasteiger partial charge on any atom is 0.243 e. The Hall–Kier alpha value is -1.40. The monoisotopic (exact) mass is 311 g/mol. The topological polar surface area (TPSA) is 75.4 Å². The van der Waals surface area contributed by atoms with Crippen molar-refractivity contribution in [3.63, 3.8) is 0 Å². The van der Waals surface area contributed by atoms with Gasteiger partial charge in [-0.15, -0.1) is 0 Å². The lowest BCUT2D eigenvalue weighted by atomic mass is 10.1. The number of amides is 2. The van der Waals surface area contributed by atoms with E-state index in [-0.39, 0.29) is 24.4 Å². The van der Waals surface area contributed by atoms with Crippen molar-refractivity contribution in [1.29, 1.82) is 0 Å². The van der Waals surface area contributed by atoms with Crippen LogP contribution in [0.15, 0.2) is 22.7 Å². The second-order valence-electron chi connectivity index (χ2n) is 4.30. The molecule has 3 N–H and O–H groups in total. The molecule has 96 valence electrons. The predicted octanol–water partition coefficient (Wildman–Crippen LogP) is 0.878. The lowest BCUT2D eigenvalue weighted by Crippen LogP contribution is -2.56. The Morgan fingerprint density at radius 1 is 1.50 bits per heavy atom. The number of carbonyl (C=O) groups excluding carboxylic acids is 2. The number of rotatable bonds is 2. The van der Waals surface area contributed by atoms with E-state index in [4.69, 9.17) is 5.73 Å². The minimum atomic E-state index is -0.339. The lowest BCUT2D eigenvalue weighted by molar-refractivity contribution is -0.139. The van der Waals surface area contributed by atoms with E-state index < -0.39 is 0 Å². The number of nitrogens with zero attached hydrogens (tertiary/aromatic N) is 1. The van der Waals surface area contributed by atoms with Crippen molar-refractivity contribution in [3.8, 4) is 0 Å². The molecule has 1 aromatic rings. The van der Waals surface area contributed by atoms with Gasteiger partial charge in [-0.2, -0.15) is 0 Å². The second-order valence-corrected chi connectivity index (χ2v) is 5.16. The third kappa shape index (κ3) is 2.54. The van der Waals surface area contributed by atoms with Crippen LogP contribution in [-0.2, 0) is 16.1 Å². The van der Waals surface area contributed by atoms with Gasteiger partial charge in [-0.1, -0.05) is 22.0 Å². The summed E-state index contributed by atoms with van der Waals surface area (Å²) in [6.07, 6.45) is 0. The zero-order chi connectivity index (χ0) is 13.3. The van der Waals surface area contributed by atoms with Crippen molar-refractivity contribution in [2.45, 2.75) is 19.5 Å². The molecule has 0 radical (unpaired) electrons. The van der Waals surface area contributed by atoms with E-state index in [0.29, 0.717) is 12.2 Å². The van der Waals surface area contributed by atoms with Crippen molar-refractivity contribution in [2.24, 2.45) is 0 Å². The predicted molar refractivity (Wildman–Crippen MR) is 71.6 cm³/mol. The van der Waals surface area contributed by atoms with Crippen LogP contribution in [0.2, 0.25) is 0 Å². The van der Waals surface area contributed by atoms with Crippen molar-refractivity contribution < 1.29 is 9.59 Å². The number of imide groups is 1. The standard InChI is InChI=1S/C12H14BrN3O2/c1-7-12(18)15-11(17)6-16(7)5-8-9(13)3-2-4-10(8)14/h2-4,7H,5-6,14H2,1H3,(H,15,17,18). The minimum absolute atomic E-state index is 0.202. The van der Waals surface area contributed by atoms with Gasteiger partial charge in [0.15, 0.2) is 0 Å². The summed E-state index contributed by atoms with van der Waals surface area (Å²) in [7, 11) is 0. The van der Waals surface area contributed by atoms with Crippen LogP contribution in [0.4, 0.5) is 5.69 Å². The normalized spacial score (nSPS) is 20.9. The van der Waals surface area contributed by atoms with Gasteiger partial charge in [-0.3, -0.25) is 19.8 Å². The van der Waals surface area contributed by atoms with Crippen LogP contribution >= 0.6 is 15.9 Å². The Bertz CT molecular complexity index is 484. The molecule has 1 fully saturated rings. The van der Waals surface area contributed by atoms with Gasteiger partial charge < -0.3 is 5.73 Å². The Balaban J connectivity index is 2.22. The smallest absolute Gasteiger partial charge is 0.243 e. The Labute approximate surface area is 113 Å². The zero-order valence-corrected chi connectivity index (χ0v) is 11.5. The average molecular weight is 312 g/mol. The van der Waals surface area contributed by atoms with Crippen LogP contribution in [0.5, 0.6) is 0 Å². The molecule has 1 aliphatic rings. The third-order valence-corrected chi connectivity index (χ3v) is 3.80. The van der Waals surface area contributed by atoms with Crippen LogP contribution in [0.3, 0.4) is 0 Å². The number of piperazine rings is 1.